The lowest BCUT2D eigenvalue weighted by molar-refractivity contribution is -0.121. The first kappa shape index (κ1) is 21.2. The molecular weight excluding hydrogens is 384 g/mol. The zero-order valence-corrected chi connectivity index (χ0v) is 18.0. The number of hydrogen-bond donors (Lipinski definition) is 1. The van der Waals surface area contributed by atoms with Crippen molar-refractivity contribution in [2.75, 3.05) is 23.8 Å². The van der Waals surface area contributed by atoms with E-state index in [-0.39, 0.29) is 17.7 Å². The fourth-order valence-electron chi connectivity index (χ4n) is 3.39. The standard InChI is InChI=1S/C23H28N2O3S/c1-4-28-19-12-7-5-10-17(19)22(26)24-21(16(2)3)23(27)25-14-9-15-29-20-13-8-6-11-18(20)25/h5-8,10-13,16,21H,4,9,14-15H2,1-3H3,(H,24,26)/t21-/m1/s1. The third kappa shape index (κ3) is 4.93. The molecule has 1 atom stereocenters. The van der Waals surface area contributed by atoms with Crippen LogP contribution in [0.5, 0.6) is 5.75 Å². The number of carbonyl (C=O) groups excluding carboxylic acids is 2. The Kier molecular flexibility index (Phi) is 7.20. The number of nitrogens with zero attached hydrogens (tertiary/aromatic N) is 1. The number of hydrogen-bond acceptors (Lipinski definition) is 4. The fraction of sp³-hybridized carbons (Fsp3) is 0.391. The van der Waals surface area contributed by atoms with Crippen LogP contribution in [0.4, 0.5) is 5.69 Å². The van der Waals surface area contributed by atoms with Gasteiger partial charge in [-0.3, -0.25) is 9.59 Å². The summed E-state index contributed by atoms with van der Waals surface area (Å²) in [6.45, 7) is 6.91. The molecule has 1 heterocycles. The molecule has 0 spiro atoms. The van der Waals surface area contributed by atoms with Gasteiger partial charge in [0, 0.05) is 11.4 Å². The van der Waals surface area contributed by atoms with E-state index in [4.69, 9.17) is 4.74 Å². The summed E-state index contributed by atoms with van der Waals surface area (Å²) in [6, 6.07) is 14.5. The summed E-state index contributed by atoms with van der Waals surface area (Å²) < 4.78 is 5.58. The van der Waals surface area contributed by atoms with Crippen molar-refractivity contribution in [2.24, 2.45) is 5.92 Å². The van der Waals surface area contributed by atoms with Gasteiger partial charge in [-0.2, -0.15) is 0 Å². The number of rotatable bonds is 6. The van der Waals surface area contributed by atoms with E-state index in [0.717, 1.165) is 22.8 Å². The molecule has 6 heteroatoms. The van der Waals surface area contributed by atoms with Crippen LogP contribution in [0.25, 0.3) is 0 Å². The number of fused-ring (bicyclic) bond motifs is 1. The summed E-state index contributed by atoms with van der Waals surface area (Å²) in [5.74, 6) is 1.09. The van der Waals surface area contributed by atoms with E-state index in [2.05, 4.69) is 5.32 Å². The van der Waals surface area contributed by atoms with Gasteiger partial charge in [0.15, 0.2) is 0 Å². The van der Waals surface area contributed by atoms with E-state index >= 15 is 0 Å². The van der Waals surface area contributed by atoms with Crippen molar-refractivity contribution in [2.45, 2.75) is 38.1 Å². The lowest BCUT2D eigenvalue weighted by atomic mass is 10.0. The number of ether oxygens (including phenoxy) is 1. The molecule has 0 unspecified atom stereocenters. The average molecular weight is 413 g/mol. The summed E-state index contributed by atoms with van der Waals surface area (Å²) in [5, 5.41) is 2.96. The highest BCUT2D eigenvalue weighted by Gasteiger charge is 2.32. The number of anilines is 1. The molecular formula is C23H28N2O3S. The second-order valence-electron chi connectivity index (χ2n) is 7.28. The summed E-state index contributed by atoms with van der Waals surface area (Å²) in [7, 11) is 0. The van der Waals surface area contributed by atoms with Crippen LogP contribution in [0.15, 0.2) is 53.4 Å². The summed E-state index contributed by atoms with van der Waals surface area (Å²) in [5.41, 5.74) is 1.37. The molecule has 5 nitrogen and oxygen atoms in total. The SMILES string of the molecule is CCOc1ccccc1C(=O)N[C@@H](C(=O)N1CCCSc2ccccc21)C(C)C. The Bertz CT molecular complexity index is 869. The van der Waals surface area contributed by atoms with Crippen molar-refractivity contribution in [3.05, 3.63) is 54.1 Å². The Hall–Kier alpha value is -2.47. The van der Waals surface area contributed by atoms with Crippen LogP contribution in [0.2, 0.25) is 0 Å². The van der Waals surface area contributed by atoms with Gasteiger partial charge in [-0.05, 0) is 49.3 Å². The highest BCUT2D eigenvalue weighted by molar-refractivity contribution is 7.99. The Morgan fingerprint density at radius 2 is 1.86 bits per heavy atom. The fourth-order valence-corrected chi connectivity index (χ4v) is 4.39. The first-order chi connectivity index (χ1) is 14.0. The molecule has 0 bridgehead atoms. The van der Waals surface area contributed by atoms with Gasteiger partial charge in [0.2, 0.25) is 5.91 Å². The molecule has 2 aromatic rings. The third-order valence-corrected chi connectivity index (χ3v) is 6.01. The Morgan fingerprint density at radius 1 is 1.14 bits per heavy atom. The molecule has 3 rings (SSSR count). The van der Waals surface area contributed by atoms with E-state index in [9.17, 15) is 9.59 Å². The maximum Gasteiger partial charge on any atom is 0.255 e. The monoisotopic (exact) mass is 412 g/mol. The highest BCUT2D eigenvalue weighted by Crippen LogP contribution is 2.34. The summed E-state index contributed by atoms with van der Waals surface area (Å²) in [6.07, 6.45) is 0.914. The van der Waals surface area contributed by atoms with E-state index in [1.165, 1.54) is 0 Å². The molecule has 2 aromatic carbocycles. The smallest absolute Gasteiger partial charge is 0.255 e. The van der Waals surface area contributed by atoms with E-state index in [1.807, 2.05) is 56.0 Å². The van der Waals surface area contributed by atoms with Gasteiger partial charge in [-0.15, -0.1) is 11.8 Å². The topological polar surface area (TPSA) is 58.6 Å². The van der Waals surface area contributed by atoms with Gasteiger partial charge in [0.05, 0.1) is 17.9 Å². The van der Waals surface area contributed by atoms with Crippen molar-refractivity contribution in [1.82, 2.24) is 5.32 Å². The zero-order chi connectivity index (χ0) is 20.8. The maximum atomic E-state index is 13.5. The molecule has 0 aliphatic carbocycles. The van der Waals surface area contributed by atoms with Crippen molar-refractivity contribution in [3.8, 4) is 5.75 Å². The minimum Gasteiger partial charge on any atom is -0.493 e. The Labute approximate surface area is 176 Å². The van der Waals surface area contributed by atoms with E-state index in [0.29, 0.717) is 24.5 Å². The van der Waals surface area contributed by atoms with Gasteiger partial charge >= 0.3 is 0 Å². The number of amides is 2. The van der Waals surface area contributed by atoms with Gasteiger partial charge in [-0.1, -0.05) is 38.1 Å². The van der Waals surface area contributed by atoms with Crippen LogP contribution in [0.3, 0.4) is 0 Å². The molecule has 0 radical (unpaired) electrons. The van der Waals surface area contributed by atoms with Crippen molar-refractivity contribution in [1.29, 1.82) is 0 Å². The number of carbonyl (C=O) groups is 2. The van der Waals surface area contributed by atoms with Crippen molar-refractivity contribution >= 4 is 29.3 Å². The quantitative estimate of drug-likeness (QED) is 0.765. The van der Waals surface area contributed by atoms with Crippen LogP contribution in [0, 0.1) is 5.92 Å². The second kappa shape index (κ2) is 9.83. The molecule has 0 saturated heterocycles. The minimum absolute atomic E-state index is 0.0474. The van der Waals surface area contributed by atoms with Gasteiger partial charge in [0.1, 0.15) is 11.8 Å². The Balaban J connectivity index is 1.85. The number of benzene rings is 2. The van der Waals surface area contributed by atoms with Crippen LogP contribution < -0.4 is 15.0 Å². The molecule has 0 saturated carbocycles. The van der Waals surface area contributed by atoms with E-state index in [1.54, 1.807) is 30.0 Å². The van der Waals surface area contributed by atoms with E-state index < -0.39 is 6.04 Å². The highest BCUT2D eigenvalue weighted by atomic mass is 32.2. The van der Waals surface area contributed by atoms with Gasteiger partial charge < -0.3 is 15.0 Å². The predicted molar refractivity (Wildman–Crippen MR) is 118 cm³/mol. The largest absolute Gasteiger partial charge is 0.493 e. The molecule has 1 N–H and O–H groups in total. The zero-order valence-electron chi connectivity index (χ0n) is 17.2. The lowest BCUT2D eigenvalue weighted by Gasteiger charge is -2.30. The molecule has 1 aliphatic heterocycles. The van der Waals surface area contributed by atoms with Crippen LogP contribution in [-0.2, 0) is 4.79 Å². The number of thioether (sulfide) groups is 1. The molecule has 154 valence electrons. The normalized spacial score (nSPS) is 14.7. The average Bonchev–Trinajstić information content (AvgIpc) is 2.94. The third-order valence-electron chi connectivity index (χ3n) is 4.86. The summed E-state index contributed by atoms with van der Waals surface area (Å²) >= 11 is 1.77. The molecule has 2 amide bonds. The van der Waals surface area contributed by atoms with Crippen LogP contribution >= 0.6 is 11.8 Å². The summed E-state index contributed by atoms with van der Waals surface area (Å²) in [4.78, 5) is 29.4. The first-order valence-electron chi connectivity index (χ1n) is 10.1. The van der Waals surface area contributed by atoms with Gasteiger partial charge in [-0.25, -0.2) is 0 Å². The van der Waals surface area contributed by atoms with Crippen LogP contribution in [0.1, 0.15) is 37.6 Å². The Morgan fingerprint density at radius 3 is 2.62 bits per heavy atom. The van der Waals surface area contributed by atoms with Gasteiger partial charge in [0.25, 0.3) is 5.91 Å². The molecule has 1 aliphatic rings. The lowest BCUT2D eigenvalue weighted by Crippen LogP contribution is -2.51. The molecule has 0 fully saturated rings. The number of para-hydroxylation sites is 2. The van der Waals surface area contributed by atoms with Crippen molar-refractivity contribution < 1.29 is 14.3 Å². The number of nitrogens with one attached hydrogen (secondary N) is 1. The van der Waals surface area contributed by atoms with Crippen molar-refractivity contribution in [3.63, 3.8) is 0 Å². The second-order valence-corrected chi connectivity index (χ2v) is 8.42. The minimum atomic E-state index is -0.617. The predicted octanol–water partition coefficient (Wildman–Crippen LogP) is 4.37. The molecule has 0 aromatic heterocycles. The maximum absolute atomic E-state index is 13.5. The first-order valence-corrected chi connectivity index (χ1v) is 11.1. The molecule has 29 heavy (non-hydrogen) atoms. The van der Waals surface area contributed by atoms with Crippen LogP contribution in [-0.4, -0.2) is 36.8 Å².